The molecule has 0 radical (unpaired) electrons. The standard InChI is InChI=1S/C28H37F3N2O/c1-21(18-23-14-16-26(17-15-23)28(29,30)31)27(19-32)33-20-25-13-9-8-12-24(25)11-7-5-4-6-10-22(2)34-3/h8-9,12-17,19,21,33H,2,4-7,10-11,18,20,32H2,1,3H3/b27-19-. The van der Waals surface area contributed by atoms with E-state index in [4.69, 9.17) is 10.5 Å². The van der Waals surface area contributed by atoms with Gasteiger partial charge in [0.15, 0.2) is 0 Å². The van der Waals surface area contributed by atoms with Gasteiger partial charge in [0.2, 0.25) is 0 Å². The lowest BCUT2D eigenvalue weighted by Crippen LogP contribution is -2.22. The highest BCUT2D eigenvalue weighted by molar-refractivity contribution is 5.28. The lowest BCUT2D eigenvalue weighted by Gasteiger charge is -2.19. The zero-order valence-electron chi connectivity index (χ0n) is 20.3. The number of nitrogens with two attached hydrogens (primary N) is 1. The first-order valence-corrected chi connectivity index (χ1v) is 11.8. The quantitative estimate of drug-likeness (QED) is 0.226. The van der Waals surface area contributed by atoms with Gasteiger partial charge in [0.1, 0.15) is 0 Å². The molecule has 0 aliphatic heterocycles. The summed E-state index contributed by atoms with van der Waals surface area (Å²) in [5.41, 5.74) is 9.53. The van der Waals surface area contributed by atoms with E-state index in [-0.39, 0.29) is 5.92 Å². The van der Waals surface area contributed by atoms with Crippen LogP contribution in [-0.2, 0) is 30.3 Å². The van der Waals surface area contributed by atoms with Gasteiger partial charge in [-0.1, -0.05) is 62.7 Å². The highest BCUT2D eigenvalue weighted by atomic mass is 19.4. The van der Waals surface area contributed by atoms with Crippen LogP contribution in [0.5, 0.6) is 0 Å². The molecule has 0 aliphatic rings. The zero-order chi connectivity index (χ0) is 25.0. The van der Waals surface area contributed by atoms with E-state index < -0.39 is 11.7 Å². The van der Waals surface area contributed by atoms with Crippen LogP contribution < -0.4 is 11.1 Å². The van der Waals surface area contributed by atoms with Gasteiger partial charge < -0.3 is 15.8 Å². The second kappa shape index (κ2) is 13.7. The summed E-state index contributed by atoms with van der Waals surface area (Å²) in [5, 5.41) is 3.44. The number of hydrogen-bond donors (Lipinski definition) is 2. The molecular weight excluding hydrogens is 437 g/mol. The van der Waals surface area contributed by atoms with Crippen molar-refractivity contribution in [1.29, 1.82) is 0 Å². The van der Waals surface area contributed by atoms with E-state index in [9.17, 15) is 13.2 Å². The Morgan fingerprint density at radius 2 is 1.68 bits per heavy atom. The van der Waals surface area contributed by atoms with Crippen molar-refractivity contribution in [2.75, 3.05) is 7.11 Å². The van der Waals surface area contributed by atoms with Crippen LogP contribution in [0.15, 0.2) is 72.8 Å². The van der Waals surface area contributed by atoms with Gasteiger partial charge in [-0.3, -0.25) is 0 Å². The first-order chi connectivity index (χ1) is 16.2. The molecule has 2 rings (SSSR count). The van der Waals surface area contributed by atoms with Crippen molar-refractivity contribution in [2.24, 2.45) is 11.7 Å². The van der Waals surface area contributed by atoms with Crippen LogP contribution in [0.1, 0.15) is 61.3 Å². The Kier molecular flexibility index (Phi) is 11.0. The first-order valence-electron chi connectivity index (χ1n) is 11.8. The zero-order valence-corrected chi connectivity index (χ0v) is 20.3. The van der Waals surface area contributed by atoms with Crippen LogP contribution in [0.25, 0.3) is 0 Å². The molecule has 0 aliphatic carbocycles. The third kappa shape index (κ3) is 9.16. The van der Waals surface area contributed by atoms with Gasteiger partial charge in [-0.05, 0) is 54.5 Å². The molecule has 6 heteroatoms. The minimum absolute atomic E-state index is 0.0516. The molecule has 0 aromatic heterocycles. The maximum absolute atomic E-state index is 12.8. The second-order valence-electron chi connectivity index (χ2n) is 8.70. The van der Waals surface area contributed by atoms with E-state index in [1.807, 2.05) is 13.0 Å². The summed E-state index contributed by atoms with van der Waals surface area (Å²) >= 11 is 0. The smallest absolute Gasteiger partial charge is 0.416 e. The molecule has 34 heavy (non-hydrogen) atoms. The second-order valence-corrected chi connectivity index (χ2v) is 8.70. The molecule has 1 atom stereocenters. The molecule has 0 heterocycles. The first kappa shape index (κ1) is 27.4. The molecular formula is C28H37F3N2O. The number of methoxy groups -OCH3 is 1. The van der Waals surface area contributed by atoms with Crippen LogP contribution >= 0.6 is 0 Å². The number of benzene rings is 2. The van der Waals surface area contributed by atoms with Crippen LogP contribution in [-0.4, -0.2) is 7.11 Å². The number of alkyl halides is 3. The molecule has 0 saturated carbocycles. The van der Waals surface area contributed by atoms with Gasteiger partial charge >= 0.3 is 6.18 Å². The third-order valence-corrected chi connectivity index (χ3v) is 6.08. The minimum Gasteiger partial charge on any atom is -0.502 e. The van der Waals surface area contributed by atoms with Crippen molar-refractivity contribution < 1.29 is 17.9 Å². The van der Waals surface area contributed by atoms with Crippen LogP contribution in [0.2, 0.25) is 0 Å². The maximum atomic E-state index is 12.8. The molecule has 3 N–H and O–H groups in total. The van der Waals surface area contributed by atoms with Crippen LogP contribution in [0.3, 0.4) is 0 Å². The van der Waals surface area contributed by atoms with E-state index in [1.54, 1.807) is 13.3 Å². The molecule has 0 fully saturated rings. The maximum Gasteiger partial charge on any atom is 0.416 e. The van der Waals surface area contributed by atoms with E-state index in [1.165, 1.54) is 23.3 Å². The number of aryl methyl sites for hydroxylation is 1. The number of rotatable bonds is 14. The largest absolute Gasteiger partial charge is 0.502 e. The fourth-order valence-electron chi connectivity index (χ4n) is 3.96. The summed E-state index contributed by atoms with van der Waals surface area (Å²) in [4.78, 5) is 0. The summed E-state index contributed by atoms with van der Waals surface area (Å²) in [6.07, 6.45) is 4.32. The Morgan fingerprint density at radius 1 is 1.03 bits per heavy atom. The Hall–Kier alpha value is -2.89. The lowest BCUT2D eigenvalue weighted by atomic mass is 9.96. The number of allylic oxidation sites excluding steroid dienone is 2. The molecule has 0 spiro atoms. The summed E-state index contributed by atoms with van der Waals surface area (Å²) in [6, 6.07) is 13.7. The molecule has 2 aromatic rings. The molecule has 186 valence electrons. The number of nitrogens with one attached hydrogen (secondary N) is 1. The summed E-state index contributed by atoms with van der Waals surface area (Å²) in [5.74, 6) is 0.892. The fraction of sp³-hybridized carbons (Fsp3) is 0.429. The molecule has 2 aromatic carbocycles. The monoisotopic (exact) mass is 474 g/mol. The highest BCUT2D eigenvalue weighted by Crippen LogP contribution is 2.29. The summed E-state index contributed by atoms with van der Waals surface area (Å²) in [7, 11) is 1.66. The predicted molar refractivity (Wildman–Crippen MR) is 133 cm³/mol. The van der Waals surface area contributed by atoms with Gasteiger partial charge in [-0.25, -0.2) is 0 Å². The Balaban J connectivity index is 1.85. The van der Waals surface area contributed by atoms with Gasteiger partial charge in [0.05, 0.1) is 18.4 Å². The summed E-state index contributed by atoms with van der Waals surface area (Å²) < 4.78 is 43.5. The molecule has 0 bridgehead atoms. The van der Waals surface area contributed by atoms with E-state index in [0.717, 1.165) is 67.7 Å². The van der Waals surface area contributed by atoms with Crippen molar-refractivity contribution in [3.8, 4) is 0 Å². The van der Waals surface area contributed by atoms with Crippen molar-refractivity contribution in [3.05, 3.63) is 95.0 Å². The van der Waals surface area contributed by atoms with E-state index >= 15 is 0 Å². The fourth-order valence-corrected chi connectivity index (χ4v) is 3.96. The normalized spacial score (nSPS) is 12.9. The van der Waals surface area contributed by atoms with E-state index in [2.05, 4.69) is 30.1 Å². The number of ether oxygens (including phenoxy) is 1. The van der Waals surface area contributed by atoms with Gasteiger partial charge in [0, 0.05) is 30.8 Å². The van der Waals surface area contributed by atoms with Gasteiger partial charge in [-0.2, -0.15) is 13.2 Å². The van der Waals surface area contributed by atoms with Crippen molar-refractivity contribution in [2.45, 2.75) is 64.6 Å². The Morgan fingerprint density at radius 3 is 2.29 bits per heavy atom. The van der Waals surface area contributed by atoms with Crippen LogP contribution in [0, 0.1) is 5.92 Å². The van der Waals surface area contributed by atoms with Crippen LogP contribution in [0.4, 0.5) is 13.2 Å². The molecule has 3 nitrogen and oxygen atoms in total. The topological polar surface area (TPSA) is 47.3 Å². The highest BCUT2D eigenvalue weighted by Gasteiger charge is 2.30. The molecule has 0 amide bonds. The summed E-state index contributed by atoms with van der Waals surface area (Å²) in [6.45, 7) is 6.53. The van der Waals surface area contributed by atoms with Gasteiger partial charge in [0.25, 0.3) is 0 Å². The molecule has 0 saturated heterocycles. The van der Waals surface area contributed by atoms with Crippen molar-refractivity contribution in [1.82, 2.24) is 5.32 Å². The number of hydrogen-bond acceptors (Lipinski definition) is 3. The SMILES string of the molecule is C=C(CCCCCCc1ccccc1CN/C(=C\N)C(C)Cc1ccc(C(F)(F)F)cc1)OC. The molecule has 1 unspecified atom stereocenters. The van der Waals surface area contributed by atoms with Gasteiger partial charge in [-0.15, -0.1) is 0 Å². The third-order valence-electron chi connectivity index (χ3n) is 6.08. The van der Waals surface area contributed by atoms with Crippen molar-refractivity contribution in [3.63, 3.8) is 0 Å². The average Bonchev–Trinajstić information content (AvgIpc) is 2.82. The average molecular weight is 475 g/mol. The number of halogens is 3. The minimum atomic E-state index is -4.32. The number of unbranched alkanes of at least 4 members (excludes halogenated alkanes) is 3. The lowest BCUT2D eigenvalue weighted by molar-refractivity contribution is -0.137. The predicted octanol–water partition coefficient (Wildman–Crippen LogP) is 7.13. The Bertz CT molecular complexity index is 920. The van der Waals surface area contributed by atoms with Crippen molar-refractivity contribution >= 4 is 0 Å². The Labute approximate surface area is 201 Å². The van der Waals surface area contributed by atoms with E-state index in [0.29, 0.717) is 13.0 Å².